The van der Waals surface area contributed by atoms with Gasteiger partial charge in [0.1, 0.15) is 5.75 Å². The number of carbonyl (C=O) groups is 1. The number of hydrogen-bond acceptors (Lipinski definition) is 3. The van der Waals surface area contributed by atoms with Crippen LogP contribution in [0.15, 0.2) is 18.2 Å². The van der Waals surface area contributed by atoms with Gasteiger partial charge in [0.2, 0.25) is 5.91 Å². The molecule has 0 bridgehead atoms. The lowest BCUT2D eigenvalue weighted by molar-refractivity contribution is -0.134. The van der Waals surface area contributed by atoms with E-state index >= 15 is 0 Å². The number of carbonyl (C=O) groups excluding carboxylic acids is 1. The number of benzene rings is 1. The summed E-state index contributed by atoms with van der Waals surface area (Å²) in [5.74, 6) is 0.877. The molecule has 110 valence electrons. The van der Waals surface area contributed by atoms with E-state index in [2.05, 4.69) is 6.07 Å². The van der Waals surface area contributed by atoms with Crippen molar-refractivity contribution < 1.29 is 14.6 Å². The third-order valence-electron chi connectivity index (χ3n) is 3.53. The number of nitrogens with zero attached hydrogens (tertiary/aromatic N) is 1. The highest BCUT2D eigenvalue weighted by molar-refractivity contribution is 5.76. The first-order chi connectivity index (χ1) is 9.54. The Labute approximate surface area is 120 Å². The quantitative estimate of drug-likeness (QED) is 0.916. The normalized spacial score (nSPS) is 18.9. The molecular weight excluding hydrogens is 254 g/mol. The van der Waals surface area contributed by atoms with E-state index in [-0.39, 0.29) is 12.0 Å². The Balaban J connectivity index is 1.78. The van der Waals surface area contributed by atoms with Gasteiger partial charge in [-0.05, 0) is 49.9 Å². The number of piperidine rings is 1. The summed E-state index contributed by atoms with van der Waals surface area (Å²) in [6.45, 7) is 5.65. The Hall–Kier alpha value is -1.55. The monoisotopic (exact) mass is 277 g/mol. The van der Waals surface area contributed by atoms with Crippen LogP contribution < -0.4 is 4.74 Å². The predicted molar refractivity (Wildman–Crippen MR) is 77.8 cm³/mol. The number of hydrogen-bond donors (Lipinski definition) is 1. The van der Waals surface area contributed by atoms with Crippen molar-refractivity contribution in [2.24, 2.45) is 0 Å². The average Bonchev–Trinajstić information content (AvgIpc) is 2.37. The van der Waals surface area contributed by atoms with Gasteiger partial charge in [0, 0.05) is 13.1 Å². The van der Waals surface area contributed by atoms with E-state index in [0.29, 0.717) is 19.6 Å². The van der Waals surface area contributed by atoms with Crippen molar-refractivity contribution in [1.82, 2.24) is 4.90 Å². The number of aryl methyl sites for hydroxylation is 2. The summed E-state index contributed by atoms with van der Waals surface area (Å²) >= 11 is 0. The van der Waals surface area contributed by atoms with Gasteiger partial charge in [0.15, 0.2) is 0 Å². The second-order valence-electron chi connectivity index (χ2n) is 5.56. The fourth-order valence-corrected chi connectivity index (χ4v) is 2.61. The zero-order valence-electron chi connectivity index (χ0n) is 12.3. The standard InChI is InChI=1S/C16H23NO3/c1-12-8-13(2)10-15(9-12)20-7-5-16(19)17-6-3-4-14(18)11-17/h8-10,14,18H,3-7,11H2,1-2H3/t14-/m0/s1. The van der Waals surface area contributed by atoms with Gasteiger partial charge in [-0.2, -0.15) is 0 Å². The maximum atomic E-state index is 12.0. The maximum absolute atomic E-state index is 12.0. The molecule has 1 atom stereocenters. The van der Waals surface area contributed by atoms with Gasteiger partial charge in [-0.3, -0.25) is 4.79 Å². The Kier molecular flexibility index (Phi) is 5.01. The average molecular weight is 277 g/mol. The molecule has 1 aliphatic heterocycles. The molecule has 4 nitrogen and oxygen atoms in total. The number of aliphatic hydroxyl groups excluding tert-OH is 1. The number of aliphatic hydroxyl groups is 1. The third-order valence-corrected chi connectivity index (χ3v) is 3.53. The Morgan fingerprint density at radius 2 is 2.05 bits per heavy atom. The molecule has 0 saturated carbocycles. The molecule has 0 unspecified atom stereocenters. The molecule has 1 aliphatic rings. The molecule has 1 fully saturated rings. The summed E-state index contributed by atoms with van der Waals surface area (Å²) in [4.78, 5) is 13.7. The van der Waals surface area contributed by atoms with E-state index in [9.17, 15) is 9.90 Å². The highest BCUT2D eigenvalue weighted by Crippen LogP contribution is 2.17. The molecule has 1 aromatic rings. The van der Waals surface area contributed by atoms with Crippen molar-refractivity contribution >= 4 is 5.91 Å². The van der Waals surface area contributed by atoms with Crippen LogP contribution in [0.2, 0.25) is 0 Å². The highest BCUT2D eigenvalue weighted by Gasteiger charge is 2.21. The Morgan fingerprint density at radius 3 is 2.70 bits per heavy atom. The molecule has 0 spiro atoms. The molecule has 0 aromatic heterocycles. The molecule has 20 heavy (non-hydrogen) atoms. The zero-order valence-corrected chi connectivity index (χ0v) is 12.3. The van der Waals surface area contributed by atoms with Crippen LogP contribution in [-0.4, -0.2) is 41.7 Å². The minimum absolute atomic E-state index is 0.0631. The van der Waals surface area contributed by atoms with E-state index in [1.165, 1.54) is 0 Å². The van der Waals surface area contributed by atoms with Crippen LogP contribution in [-0.2, 0) is 4.79 Å². The van der Waals surface area contributed by atoms with E-state index in [4.69, 9.17) is 4.74 Å². The SMILES string of the molecule is Cc1cc(C)cc(OCCC(=O)N2CCC[C@H](O)C2)c1. The van der Waals surface area contributed by atoms with Gasteiger partial charge in [-0.25, -0.2) is 0 Å². The molecule has 1 saturated heterocycles. The molecule has 1 N–H and O–H groups in total. The Bertz CT molecular complexity index is 453. The molecule has 1 amide bonds. The molecule has 1 heterocycles. The maximum Gasteiger partial charge on any atom is 0.226 e. The van der Waals surface area contributed by atoms with Gasteiger partial charge in [-0.15, -0.1) is 0 Å². The van der Waals surface area contributed by atoms with Crippen LogP contribution in [0.5, 0.6) is 5.75 Å². The van der Waals surface area contributed by atoms with Crippen molar-refractivity contribution in [1.29, 1.82) is 0 Å². The fourth-order valence-electron chi connectivity index (χ4n) is 2.61. The van der Waals surface area contributed by atoms with Crippen molar-refractivity contribution in [2.45, 2.75) is 39.2 Å². The lowest BCUT2D eigenvalue weighted by atomic mass is 10.1. The van der Waals surface area contributed by atoms with Crippen LogP contribution in [0.1, 0.15) is 30.4 Å². The van der Waals surface area contributed by atoms with Crippen LogP contribution in [0, 0.1) is 13.8 Å². The van der Waals surface area contributed by atoms with Gasteiger partial charge in [0.25, 0.3) is 0 Å². The molecule has 2 rings (SSSR count). The number of amides is 1. The second-order valence-corrected chi connectivity index (χ2v) is 5.56. The van der Waals surface area contributed by atoms with Gasteiger partial charge >= 0.3 is 0 Å². The summed E-state index contributed by atoms with van der Waals surface area (Å²) in [5.41, 5.74) is 2.32. The molecule has 1 aromatic carbocycles. The minimum Gasteiger partial charge on any atom is -0.493 e. The summed E-state index contributed by atoms with van der Waals surface area (Å²) < 4.78 is 5.65. The van der Waals surface area contributed by atoms with Crippen LogP contribution in [0.25, 0.3) is 0 Å². The van der Waals surface area contributed by atoms with Gasteiger partial charge in [0.05, 0.1) is 19.1 Å². The third kappa shape index (κ3) is 4.23. The second kappa shape index (κ2) is 6.75. The van der Waals surface area contributed by atoms with Crippen molar-refractivity contribution in [3.8, 4) is 5.75 Å². The zero-order chi connectivity index (χ0) is 14.5. The highest BCUT2D eigenvalue weighted by atomic mass is 16.5. The summed E-state index contributed by atoms with van der Waals surface area (Å²) in [7, 11) is 0. The van der Waals surface area contributed by atoms with Crippen molar-refractivity contribution in [3.05, 3.63) is 29.3 Å². The van der Waals surface area contributed by atoms with Crippen LogP contribution in [0.4, 0.5) is 0 Å². The van der Waals surface area contributed by atoms with Crippen LogP contribution >= 0.6 is 0 Å². The molecular formula is C16H23NO3. The van der Waals surface area contributed by atoms with Gasteiger partial charge in [-0.1, -0.05) is 6.07 Å². The Morgan fingerprint density at radius 1 is 1.35 bits per heavy atom. The van der Waals surface area contributed by atoms with E-state index < -0.39 is 0 Å². The molecule has 4 heteroatoms. The van der Waals surface area contributed by atoms with Gasteiger partial charge < -0.3 is 14.7 Å². The minimum atomic E-state index is -0.368. The molecule has 0 radical (unpaired) electrons. The first-order valence-electron chi connectivity index (χ1n) is 7.21. The number of ether oxygens (including phenoxy) is 1. The summed E-state index contributed by atoms with van der Waals surface area (Å²) in [5, 5.41) is 9.57. The van der Waals surface area contributed by atoms with E-state index in [1.807, 2.05) is 26.0 Å². The topological polar surface area (TPSA) is 49.8 Å². The number of β-amino-alcohol motifs (C(OH)–C–C–N with tert-alkyl or cyclic N) is 1. The summed E-state index contributed by atoms with van der Waals surface area (Å²) in [6.07, 6.45) is 1.67. The van der Waals surface area contributed by atoms with E-state index in [1.54, 1.807) is 4.90 Å². The van der Waals surface area contributed by atoms with Crippen molar-refractivity contribution in [2.75, 3.05) is 19.7 Å². The summed E-state index contributed by atoms with van der Waals surface area (Å²) in [6, 6.07) is 6.04. The smallest absolute Gasteiger partial charge is 0.226 e. The fraction of sp³-hybridized carbons (Fsp3) is 0.562. The lowest BCUT2D eigenvalue weighted by Gasteiger charge is -2.30. The van der Waals surface area contributed by atoms with E-state index in [0.717, 1.165) is 36.3 Å². The number of likely N-dealkylation sites (tertiary alicyclic amines) is 1. The van der Waals surface area contributed by atoms with Crippen molar-refractivity contribution in [3.63, 3.8) is 0 Å². The largest absolute Gasteiger partial charge is 0.493 e. The first-order valence-corrected chi connectivity index (χ1v) is 7.21. The van der Waals surface area contributed by atoms with Crippen LogP contribution in [0.3, 0.4) is 0 Å². The first kappa shape index (κ1) is 14.9. The lowest BCUT2D eigenvalue weighted by Crippen LogP contribution is -2.42. The predicted octanol–water partition coefficient (Wildman–Crippen LogP) is 2.06. The number of rotatable bonds is 4. The molecule has 0 aliphatic carbocycles.